The fourth-order valence-electron chi connectivity index (χ4n) is 3.73. The molecular formula is C17H24N4O6. The van der Waals surface area contributed by atoms with Gasteiger partial charge in [0.15, 0.2) is 5.69 Å². The van der Waals surface area contributed by atoms with Crippen LogP contribution in [0.15, 0.2) is 6.20 Å². The number of aryl methyl sites for hydroxylation is 1. The molecule has 2 saturated heterocycles. The van der Waals surface area contributed by atoms with Crippen LogP contribution in [0.25, 0.3) is 0 Å². The smallest absolute Gasteiger partial charge is 0.310 e. The average Bonchev–Trinajstić information content (AvgIpc) is 3.35. The number of carboxylic acid groups (broad SMARTS) is 1. The van der Waals surface area contributed by atoms with E-state index in [0.717, 1.165) is 0 Å². The standard InChI is InChI=1S/C17H24N4O6/c1-3-21-8-9(14(20-21)16(23)18-6-7-26-2)19-15(22)12-10-4-5-11(27-10)13(12)17(24)25/h8,10-13H,3-7H2,1-2H3,(H,18,23)(H,19,22)(H,24,25)/t10-,11-,12-,13+/m1/s1. The highest BCUT2D eigenvalue weighted by molar-refractivity contribution is 6.03. The molecule has 0 unspecified atom stereocenters. The van der Waals surface area contributed by atoms with Gasteiger partial charge in [0, 0.05) is 26.4 Å². The van der Waals surface area contributed by atoms with Crippen LogP contribution in [0.3, 0.4) is 0 Å². The van der Waals surface area contributed by atoms with E-state index in [0.29, 0.717) is 32.5 Å². The first-order valence-corrected chi connectivity index (χ1v) is 9.00. The van der Waals surface area contributed by atoms with E-state index in [2.05, 4.69) is 15.7 Å². The number of ether oxygens (including phenoxy) is 2. The number of amides is 2. The Bertz CT molecular complexity index is 733. The summed E-state index contributed by atoms with van der Waals surface area (Å²) in [5.41, 5.74) is 0.334. The SMILES string of the molecule is CCn1cc(NC(=O)[C@H]2[C@@H](C(=O)O)[C@H]3CC[C@H]2O3)c(C(=O)NCCOC)n1. The second-order valence-electron chi connectivity index (χ2n) is 6.67. The monoisotopic (exact) mass is 380 g/mol. The Morgan fingerprint density at radius 3 is 2.67 bits per heavy atom. The Hall–Kier alpha value is -2.46. The van der Waals surface area contributed by atoms with Gasteiger partial charge in [0.1, 0.15) is 0 Å². The van der Waals surface area contributed by atoms with Crippen LogP contribution in [0, 0.1) is 11.8 Å². The summed E-state index contributed by atoms with van der Waals surface area (Å²) in [7, 11) is 1.53. The van der Waals surface area contributed by atoms with Gasteiger partial charge in [0.25, 0.3) is 5.91 Å². The number of carboxylic acids is 1. The Kier molecular flexibility index (Phi) is 5.76. The maximum Gasteiger partial charge on any atom is 0.310 e. The minimum atomic E-state index is -1.04. The van der Waals surface area contributed by atoms with Gasteiger partial charge in [-0.3, -0.25) is 19.1 Å². The van der Waals surface area contributed by atoms with Gasteiger partial charge in [-0.25, -0.2) is 0 Å². The predicted octanol–water partition coefficient (Wildman–Crippen LogP) is 0.0959. The number of fused-ring (bicyclic) bond motifs is 2. The van der Waals surface area contributed by atoms with Crippen molar-refractivity contribution in [1.82, 2.24) is 15.1 Å². The Morgan fingerprint density at radius 1 is 1.33 bits per heavy atom. The lowest BCUT2D eigenvalue weighted by Crippen LogP contribution is -2.41. The van der Waals surface area contributed by atoms with Crippen LogP contribution >= 0.6 is 0 Å². The molecule has 2 amide bonds. The summed E-state index contributed by atoms with van der Waals surface area (Å²) < 4.78 is 12.1. The molecule has 0 aliphatic carbocycles. The first-order valence-electron chi connectivity index (χ1n) is 9.00. The quantitative estimate of drug-likeness (QED) is 0.545. The van der Waals surface area contributed by atoms with Gasteiger partial charge in [0.05, 0.1) is 36.3 Å². The molecule has 2 fully saturated rings. The highest BCUT2D eigenvalue weighted by Gasteiger charge is 2.55. The molecule has 1 aromatic heterocycles. The molecule has 0 aromatic carbocycles. The number of nitrogens with zero attached hydrogens (tertiary/aromatic N) is 2. The fraction of sp³-hybridized carbons (Fsp3) is 0.647. The van der Waals surface area contributed by atoms with Gasteiger partial charge in [-0.1, -0.05) is 0 Å². The molecule has 4 atom stereocenters. The summed E-state index contributed by atoms with van der Waals surface area (Å²) in [6, 6.07) is 0. The number of hydrogen-bond acceptors (Lipinski definition) is 6. The van der Waals surface area contributed by atoms with Crippen molar-refractivity contribution in [2.75, 3.05) is 25.6 Å². The molecular weight excluding hydrogens is 356 g/mol. The molecule has 3 heterocycles. The van der Waals surface area contributed by atoms with Crippen molar-refractivity contribution >= 4 is 23.5 Å². The molecule has 0 radical (unpaired) electrons. The summed E-state index contributed by atoms with van der Waals surface area (Å²) >= 11 is 0. The van der Waals surface area contributed by atoms with Crippen molar-refractivity contribution < 1.29 is 29.0 Å². The topological polar surface area (TPSA) is 132 Å². The molecule has 10 nitrogen and oxygen atoms in total. The van der Waals surface area contributed by atoms with Crippen LogP contribution in [0.1, 0.15) is 30.3 Å². The maximum atomic E-state index is 12.8. The number of nitrogens with one attached hydrogen (secondary N) is 2. The molecule has 3 N–H and O–H groups in total. The van der Waals surface area contributed by atoms with Gasteiger partial charge >= 0.3 is 5.97 Å². The van der Waals surface area contributed by atoms with Crippen LogP contribution in [0.4, 0.5) is 5.69 Å². The average molecular weight is 380 g/mol. The summed E-state index contributed by atoms with van der Waals surface area (Å²) in [4.78, 5) is 36.7. The third-order valence-electron chi connectivity index (χ3n) is 5.01. The van der Waals surface area contributed by atoms with Gasteiger partial charge in [-0.05, 0) is 19.8 Å². The second kappa shape index (κ2) is 8.05. The highest BCUT2D eigenvalue weighted by Crippen LogP contribution is 2.44. The van der Waals surface area contributed by atoms with E-state index in [1.165, 1.54) is 11.8 Å². The number of aliphatic carboxylic acids is 1. The van der Waals surface area contributed by atoms with E-state index in [4.69, 9.17) is 9.47 Å². The minimum Gasteiger partial charge on any atom is -0.481 e. The molecule has 148 valence electrons. The summed E-state index contributed by atoms with van der Waals surface area (Å²) in [6.07, 6.45) is 2.03. The number of aromatic nitrogens is 2. The molecule has 3 rings (SSSR count). The summed E-state index contributed by atoms with van der Waals surface area (Å²) in [5.74, 6) is -3.59. The van der Waals surface area contributed by atoms with Crippen molar-refractivity contribution in [3.05, 3.63) is 11.9 Å². The largest absolute Gasteiger partial charge is 0.481 e. The molecule has 10 heteroatoms. The molecule has 0 spiro atoms. The third kappa shape index (κ3) is 3.81. The van der Waals surface area contributed by atoms with Gasteiger partial charge < -0.3 is 25.2 Å². The summed E-state index contributed by atoms with van der Waals surface area (Å²) in [5, 5.41) is 19.0. The van der Waals surface area contributed by atoms with Crippen LogP contribution in [0.5, 0.6) is 0 Å². The number of hydrogen-bond donors (Lipinski definition) is 3. The number of carbonyl (C=O) groups excluding carboxylic acids is 2. The molecule has 0 saturated carbocycles. The lowest BCUT2D eigenvalue weighted by Gasteiger charge is -2.23. The van der Waals surface area contributed by atoms with E-state index in [1.54, 1.807) is 6.20 Å². The summed E-state index contributed by atoms with van der Waals surface area (Å²) in [6.45, 7) is 3.03. The first-order chi connectivity index (χ1) is 13.0. The zero-order chi connectivity index (χ0) is 19.6. The van der Waals surface area contributed by atoms with Crippen molar-refractivity contribution in [3.8, 4) is 0 Å². The zero-order valence-corrected chi connectivity index (χ0v) is 15.3. The Balaban J connectivity index is 1.76. The van der Waals surface area contributed by atoms with Crippen molar-refractivity contribution in [3.63, 3.8) is 0 Å². The van der Waals surface area contributed by atoms with Crippen LogP contribution < -0.4 is 10.6 Å². The zero-order valence-electron chi connectivity index (χ0n) is 15.3. The molecule has 2 bridgehead atoms. The normalized spacial score (nSPS) is 26.1. The van der Waals surface area contributed by atoms with E-state index < -0.39 is 41.8 Å². The van der Waals surface area contributed by atoms with E-state index in [9.17, 15) is 19.5 Å². The minimum absolute atomic E-state index is 0.0808. The van der Waals surface area contributed by atoms with Gasteiger partial charge in [0.2, 0.25) is 5.91 Å². The highest BCUT2D eigenvalue weighted by atomic mass is 16.5. The predicted molar refractivity (Wildman–Crippen MR) is 93.3 cm³/mol. The van der Waals surface area contributed by atoms with E-state index >= 15 is 0 Å². The van der Waals surface area contributed by atoms with Gasteiger partial charge in [-0.2, -0.15) is 5.10 Å². The number of methoxy groups -OCH3 is 1. The second-order valence-corrected chi connectivity index (χ2v) is 6.67. The van der Waals surface area contributed by atoms with E-state index in [-0.39, 0.29) is 11.4 Å². The lowest BCUT2D eigenvalue weighted by atomic mass is 9.78. The number of anilines is 1. The fourth-order valence-corrected chi connectivity index (χ4v) is 3.73. The third-order valence-corrected chi connectivity index (χ3v) is 5.01. The molecule has 27 heavy (non-hydrogen) atoms. The molecule has 2 aliphatic heterocycles. The van der Waals surface area contributed by atoms with Crippen molar-refractivity contribution in [1.29, 1.82) is 0 Å². The molecule has 2 aliphatic rings. The van der Waals surface area contributed by atoms with Crippen molar-refractivity contribution in [2.24, 2.45) is 11.8 Å². The molecule has 1 aromatic rings. The number of rotatable bonds is 8. The maximum absolute atomic E-state index is 12.8. The Labute approximate surface area is 156 Å². The first kappa shape index (κ1) is 19.3. The van der Waals surface area contributed by atoms with Crippen LogP contribution in [0.2, 0.25) is 0 Å². The number of carbonyl (C=O) groups is 3. The lowest BCUT2D eigenvalue weighted by molar-refractivity contribution is -0.147. The van der Waals surface area contributed by atoms with Crippen LogP contribution in [-0.2, 0) is 25.6 Å². The van der Waals surface area contributed by atoms with Crippen molar-refractivity contribution in [2.45, 2.75) is 38.5 Å². The van der Waals surface area contributed by atoms with Crippen LogP contribution in [-0.4, -0.2) is 65.1 Å². The Morgan fingerprint density at radius 2 is 2.04 bits per heavy atom. The van der Waals surface area contributed by atoms with Gasteiger partial charge in [-0.15, -0.1) is 0 Å². The van der Waals surface area contributed by atoms with E-state index in [1.807, 2.05) is 6.92 Å².